The van der Waals surface area contributed by atoms with Gasteiger partial charge in [-0.1, -0.05) is 18.2 Å². The van der Waals surface area contributed by atoms with Gasteiger partial charge in [0.05, 0.1) is 38.0 Å². The molecule has 0 spiro atoms. The van der Waals surface area contributed by atoms with E-state index in [0.29, 0.717) is 33.2 Å². The van der Waals surface area contributed by atoms with Gasteiger partial charge in [0.25, 0.3) is 0 Å². The van der Waals surface area contributed by atoms with Crippen LogP contribution in [0.5, 0.6) is 17.2 Å². The maximum absolute atomic E-state index is 12.9. The van der Waals surface area contributed by atoms with Crippen molar-refractivity contribution in [3.8, 4) is 17.2 Å². The summed E-state index contributed by atoms with van der Waals surface area (Å²) in [5.41, 5.74) is 2.90. The number of nitrogens with one attached hydrogen (secondary N) is 1. The summed E-state index contributed by atoms with van der Waals surface area (Å²) >= 11 is 4.57. The van der Waals surface area contributed by atoms with E-state index in [1.807, 2.05) is 42.5 Å². The average molecular weight is 703 g/mol. The van der Waals surface area contributed by atoms with Crippen LogP contribution in [0.2, 0.25) is 0 Å². The highest BCUT2D eigenvalue weighted by Crippen LogP contribution is 2.44. The predicted molar refractivity (Wildman–Crippen MR) is 190 cm³/mol. The summed E-state index contributed by atoms with van der Waals surface area (Å²) in [4.78, 5) is 0.393. The fourth-order valence-corrected chi connectivity index (χ4v) is 6.59. The van der Waals surface area contributed by atoms with Crippen LogP contribution < -0.4 is 14.8 Å². The Kier molecular flexibility index (Phi) is 11.4. The Morgan fingerprint density at radius 1 is 0.755 bits per heavy atom. The van der Waals surface area contributed by atoms with E-state index in [2.05, 4.69) is 38.4 Å². The molecular formula is C34H34N6O7S2. The molecule has 0 saturated heterocycles. The zero-order valence-electron chi connectivity index (χ0n) is 26.6. The lowest BCUT2D eigenvalue weighted by Crippen LogP contribution is -2.35. The molecule has 0 atom stereocenters. The lowest BCUT2D eigenvalue weighted by molar-refractivity contribution is 0.217. The quantitative estimate of drug-likeness (QED) is 0.0587. The van der Waals surface area contributed by atoms with Crippen LogP contribution in [-0.2, 0) is 10.0 Å². The van der Waals surface area contributed by atoms with E-state index in [1.165, 1.54) is 38.5 Å². The number of hydrogen-bond donors (Lipinski definition) is 5. The molecule has 5 rings (SSSR count). The number of aliphatic hydroxyl groups is 2. The molecule has 0 saturated carbocycles. The summed E-state index contributed by atoms with van der Waals surface area (Å²) in [5, 5.41) is 51.3. The number of benzene rings is 5. The fourth-order valence-electron chi connectivity index (χ4n) is 4.87. The van der Waals surface area contributed by atoms with E-state index in [4.69, 9.17) is 9.47 Å². The number of aromatic hydroxyl groups is 1. The molecule has 49 heavy (non-hydrogen) atoms. The van der Waals surface area contributed by atoms with Crippen molar-refractivity contribution in [2.45, 2.75) is 9.79 Å². The Morgan fingerprint density at radius 2 is 1.37 bits per heavy atom. The van der Waals surface area contributed by atoms with Crippen molar-refractivity contribution < 1.29 is 33.2 Å². The topological polar surface area (TPSA) is 178 Å². The molecule has 15 heteroatoms. The third-order valence-corrected chi connectivity index (χ3v) is 9.57. The van der Waals surface area contributed by atoms with E-state index in [-0.39, 0.29) is 48.3 Å². The monoisotopic (exact) mass is 702 g/mol. The van der Waals surface area contributed by atoms with Crippen molar-refractivity contribution in [3.63, 3.8) is 0 Å². The SMILES string of the molecule is COc1cc(N=Nc2c(S)cc3cc(Nc4ccccc4)ccc3c2O)c(OC)cc1N=Nc1ccc(S(=O)(=O)N(CCO)CCO)cc1. The maximum atomic E-state index is 12.9. The Bertz CT molecular complexity index is 2090. The number of azo groups is 2. The Balaban J connectivity index is 1.38. The van der Waals surface area contributed by atoms with Crippen molar-refractivity contribution >= 4 is 67.5 Å². The molecule has 0 amide bonds. The van der Waals surface area contributed by atoms with E-state index in [1.54, 1.807) is 24.3 Å². The van der Waals surface area contributed by atoms with Gasteiger partial charge >= 0.3 is 0 Å². The van der Waals surface area contributed by atoms with Gasteiger partial charge < -0.3 is 30.1 Å². The van der Waals surface area contributed by atoms with E-state index >= 15 is 0 Å². The zero-order chi connectivity index (χ0) is 35.0. The second kappa shape index (κ2) is 15.9. The summed E-state index contributed by atoms with van der Waals surface area (Å²) in [6.45, 7) is -1.05. The number of thiol groups is 1. The number of phenolic OH excluding ortho intramolecular Hbond substituents is 1. The molecular weight excluding hydrogens is 669 g/mol. The predicted octanol–water partition coefficient (Wildman–Crippen LogP) is 7.40. The van der Waals surface area contributed by atoms with Crippen LogP contribution in [0.3, 0.4) is 0 Å². The fraction of sp³-hybridized carbons (Fsp3) is 0.176. The minimum atomic E-state index is -3.93. The lowest BCUT2D eigenvalue weighted by atomic mass is 10.1. The molecule has 5 aromatic carbocycles. The number of nitrogens with zero attached hydrogens (tertiary/aromatic N) is 5. The Morgan fingerprint density at radius 3 is 1.96 bits per heavy atom. The number of ether oxygens (including phenoxy) is 2. The normalized spacial score (nSPS) is 12.0. The molecule has 0 aliphatic carbocycles. The summed E-state index contributed by atoms with van der Waals surface area (Å²) in [7, 11) is -1.02. The minimum absolute atomic E-state index is 0.0195. The lowest BCUT2D eigenvalue weighted by Gasteiger charge is -2.20. The first-order valence-electron chi connectivity index (χ1n) is 14.9. The number of rotatable bonds is 14. The van der Waals surface area contributed by atoms with Gasteiger partial charge in [0, 0.05) is 46.9 Å². The summed E-state index contributed by atoms with van der Waals surface area (Å²) in [5.74, 6) is 0.515. The number of methoxy groups -OCH3 is 2. The van der Waals surface area contributed by atoms with Gasteiger partial charge in [0.1, 0.15) is 28.6 Å². The molecule has 0 fully saturated rings. The smallest absolute Gasteiger partial charge is 0.243 e. The number of anilines is 2. The van der Waals surface area contributed by atoms with Crippen LogP contribution >= 0.6 is 12.6 Å². The summed E-state index contributed by atoms with van der Waals surface area (Å²) < 4.78 is 37.8. The average Bonchev–Trinajstić information content (AvgIpc) is 3.11. The van der Waals surface area contributed by atoms with Gasteiger partial charge in [-0.15, -0.1) is 28.0 Å². The highest BCUT2D eigenvalue weighted by Gasteiger charge is 2.23. The number of sulfonamides is 1. The third kappa shape index (κ3) is 8.16. The molecule has 0 heterocycles. The van der Waals surface area contributed by atoms with Gasteiger partial charge in [-0.05, 0) is 66.0 Å². The second-order valence-corrected chi connectivity index (χ2v) is 12.9. The standard InChI is InChI=1S/C34H34N6O7S2/c1-46-30-21-29(38-39-33-32(48)19-22-18-25(10-13-27(22)34(33)43)35-23-6-4-3-5-7-23)31(47-2)20-28(30)37-36-24-8-11-26(12-9-24)49(44,45)40(14-16-41)15-17-42/h3-13,18-21,35,41-43,48H,14-17H2,1-2H3. The van der Waals surface area contributed by atoms with Crippen LogP contribution in [0.1, 0.15) is 0 Å². The molecule has 254 valence electrons. The number of phenols is 1. The molecule has 0 radical (unpaired) electrons. The van der Waals surface area contributed by atoms with Crippen LogP contribution in [-0.4, -0.2) is 68.6 Å². The first-order valence-corrected chi connectivity index (χ1v) is 16.8. The van der Waals surface area contributed by atoms with E-state index in [9.17, 15) is 23.7 Å². The number of fused-ring (bicyclic) bond motifs is 1. The van der Waals surface area contributed by atoms with Gasteiger partial charge in [0.15, 0.2) is 5.75 Å². The van der Waals surface area contributed by atoms with E-state index < -0.39 is 10.0 Å². The van der Waals surface area contributed by atoms with Crippen molar-refractivity contribution in [2.75, 3.05) is 45.8 Å². The van der Waals surface area contributed by atoms with Crippen LogP contribution in [0.15, 0.2) is 121 Å². The van der Waals surface area contributed by atoms with Crippen molar-refractivity contribution in [1.82, 2.24) is 4.31 Å². The molecule has 13 nitrogen and oxygen atoms in total. The van der Waals surface area contributed by atoms with Crippen molar-refractivity contribution in [2.24, 2.45) is 20.5 Å². The first kappa shape index (κ1) is 35.3. The van der Waals surface area contributed by atoms with Gasteiger partial charge in [-0.25, -0.2) is 8.42 Å². The Labute approximate surface area is 288 Å². The number of hydrogen-bond acceptors (Lipinski definition) is 13. The number of aliphatic hydroxyl groups excluding tert-OH is 2. The van der Waals surface area contributed by atoms with Crippen LogP contribution in [0, 0.1) is 0 Å². The Hall–Kier alpha value is -5.06. The highest BCUT2D eigenvalue weighted by molar-refractivity contribution is 7.89. The largest absolute Gasteiger partial charge is 0.505 e. The first-order chi connectivity index (χ1) is 23.7. The maximum Gasteiger partial charge on any atom is 0.243 e. The molecule has 0 aromatic heterocycles. The van der Waals surface area contributed by atoms with E-state index in [0.717, 1.165) is 21.1 Å². The van der Waals surface area contributed by atoms with Crippen LogP contribution in [0.4, 0.5) is 34.1 Å². The van der Waals surface area contributed by atoms with Gasteiger partial charge in [-0.2, -0.15) is 9.42 Å². The third-order valence-electron chi connectivity index (χ3n) is 7.31. The molecule has 0 unspecified atom stereocenters. The van der Waals surface area contributed by atoms with Gasteiger partial charge in [0.2, 0.25) is 10.0 Å². The van der Waals surface area contributed by atoms with Crippen molar-refractivity contribution in [3.05, 3.63) is 91.0 Å². The zero-order valence-corrected chi connectivity index (χ0v) is 28.3. The molecule has 0 aliphatic rings. The molecule has 5 aromatic rings. The van der Waals surface area contributed by atoms with Crippen molar-refractivity contribution in [1.29, 1.82) is 0 Å². The minimum Gasteiger partial charge on any atom is -0.505 e. The van der Waals surface area contributed by atoms with Crippen LogP contribution in [0.25, 0.3) is 10.8 Å². The number of para-hydroxylation sites is 1. The molecule has 4 N–H and O–H groups in total. The van der Waals surface area contributed by atoms with Gasteiger partial charge in [-0.3, -0.25) is 0 Å². The summed E-state index contributed by atoms with van der Waals surface area (Å²) in [6, 6.07) is 25.9. The molecule has 0 aliphatic heterocycles. The summed E-state index contributed by atoms with van der Waals surface area (Å²) in [6.07, 6.45) is 0. The molecule has 0 bridgehead atoms. The second-order valence-electron chi connectivity index (χ2n) is 10.5. The highest BCUT2D eigenvalue weighted by atomic mass is 32.2.